The van der Waals surface area contributed by atoms with Crippen molar-refractivity contribution in [2.45, 2.75) is 13.8 Å². The van der Waals surface area contributed by atoms with Gasteiger partial charge in [-0.3, -0.25) is 0 Å². The van der Waals surface area contributed by atoms with Crippen LogP contribution >= 0.6 is 0 Å². The third kappa shape index (κ3) is 4.99. The molecule has 1 heteroatoms. The van der Waals surface area contributed by atoms with Crippen LogP contribution in [0.5, 0.6) is 0 Å². The Morgan fingerprint density at radius 2 is 1.54 bits per heavy atom. The van der Waals surface area contributed by atoms with E-state index in [0.717, 1.165) is 0 Å². The molecule has 0 N–H and O–H groups in total. The molecule has 0 aromatic heterocycles. The van der Waals surface area contributed by atoms with Crippen LogP contribution in [0.2, 0.25) is 0 Å². The standard InChI is InChI=1S/C7H9.C5H5.Hf/c1-6-4-3-5-7(6)2;1-2-4-5-3-1;/h3-5H,1-2H3;1-5H;/q-1;-5;. The molecule has 13 heavy (non-hydrogen) atoms. The van der Waals surface area contributed by atoms with Gasteiger partial charge in [-0.15, -0.1) is 0 Å². The second-order valence-corrected chi connectivity index (χ2v) is 2.85. The van der Waals surface area contributed by atoms with Gasteiger partial charge in [0.1, 0.15) is 0 Å². The summed E-state index contributed by atoms with van der Waals surface area (Å²) in [7, 11) is 0. The molecule has 2 aromatic carbocycles. The van der Waals surface area contributed by atoms with Crippen LogP contribution in [0.4, 0.5) is 0 Å². The molecule has 0 amide bonds. The molecule has 0 unspecified atom stereocenters. The van der Waals surface area contributed by atoms with Gasteiger partial charge >= 0.3 is 0 Å². The van der Waals surface area contributed by atoms with E-state index in [-0.39, 0.29) is 25.8 Å². The van der Waals surface area contributed by atoms with Gasteiger partial charge in [0.25, 0.3) is 0 Å². The quantitative estimate of drug-likeness (QED) is 0.511. The Kier molecular flexibility index (Phi) is 6.79. The molecule has 0 atom stereocenters. The van der Waals surface area contributed by atoms with Gasteiger partial charge in [0, 0.05) is 25.8 Å². The number of rotatable bonds is 0. The van der Waals surface area contributed by atoms with Crippen molar-refractivity contribution < 1.29 is 25.8 Å². The van der Waals surface area contributed by atoms with Crippen molar-refractivity contribution in [1.29, 1.82) is 0 Å². The summed E-state index contributed by atoms with van der Waals surface area (Å²) in [5.41, 5.74) is 2.78. The second-order valence-electron chi connectivity index (χ2n) is 2.85. The van der Waals surface area contributed by atoms with Gasteiger partial charge in [-0.2, -0.15) is 17.2 Å². The first-order valence-corrected chi connectivity index (χ1v) is 4.16. The van der Waals surface area contributed by atoms with Crippen LogP contribution in [0.3, 0.4) is 0 Å². The summed E-state index contributed by atoms with van der Waals surface area (Å²) in [6, 6.07) is 16.3. The van der Waals surface area contributed by atoms with Crippen molar-refractivity contribution in [2.75, 3.05) is 0 Å². The fraction of sp³-hybridized carbons (Fsp3) is 0.167. The largest absolute Gasteiger partial charge is 0.748 e. The molecule has 72 valence electrons. The van der Waals surface area contributed by atoms with E-state index in [9.17, 15) is 0 Å². The summed E-state index contributed by atoms with van der Waals surface area (Å²) >= 11 is 0. The average Bonchev–Trinajstić information content (AvgIpc) is 2.67. The van der Waals surface area contributed by atoms with E-state index in [2.05, 4.69) is 32.0 Å². The zero-order chi connectivity index (χ0) is 8.81. The molecule has 0 aliphatic carbocycles. The minimum absolute atomic E-state index is 0. The number of hydrogen-bond donors (Lipinski definition) is 0. The molecule has 2 aromatic rings. The molecule has 0 aliphatic rings. The molecular formula is C12H14Hf-6. The fourth-order valence-electron chi connectivity index (χ4n) is 0.920. The van der Waals surface area contributed by atoms with E-state index in [1.807, 2.05) is 30.3 Å². The first-order valence-electron chi connectivity index (χ1n) is 4.16. The molecule has 0 bridgehead atoms. The van der Waals surface area contributed by atoms with E-state index < -0.39 is 0 Å². The van der Waals surface area contributed by atoms with E-state index in [1.54, 1.807) is 0 Å². The third-order valence-electron chi connectivity index (χ3n) is 1.87. The van der Waals surface area contributed by atoms with E-state index in [0.29, 0.717) is 0 Å². The van der Waals surface area contributed by atoms with Crippen LogP contribution in [0.15, 0.2) is 48.5 Å². The van der Waals surface area contributed by atoms with Crippen LogP contribution in [0, 0.1) is 13.8 Å². The summed E-state index contributed by atoms with van der Waals surface area (Å²) in [5, 5.41) is 0. The van der Waals surface area contributed by atoms with E-state index in [4.69, 9.17) is 0 Å². The first-order chi connectivity index (χ1) is 5.80. The first kappa shape index (κ1) is 12.6. The van der Waals surface area contributed by atoms with Gasteiger partial charge in [-0.25, -0.2) is 12.1 Å². The maximum absolute atomic E-state index is 2.12. The molecule has 0 aliphatic heterocycles. The summed E-state index contributed by atoms with van der Waals surface area (Å²) < 4.78 is 0. The molecule has 0 fully saturated rings. The SMILES string of the molecule is Cc1ccc[c-]1C.[Hf].[cH-]1[cH-][cH-][cH-][cH-]1. The molecular weight excluding hydrogens is 323 g/mol. The van der Waals surface area contributed by atoms with E-state index >= 15 is 0 Å². The van der Waals surface area contributed by atoms with Crippen LogP contribution < -0.4 is 0 Å². The average molecular weight is 337 g/mol. The Hall–Kier alpha value is -0.430. The zero-order valence-corrected chi connectivity index (χ0v) is 11.7. The predicted molar refractivity (Wildman–Crippen MR) is 53.5 cm³/mol. The molecule has 0 saturated heterocycles. The van der Waals surface area contributed by atoms with Crippen molar-refractivity contribution >= 4 is 0 Å². The van der Waals surface area contributed by atoms with Crippen molar-refractivity contribution in [3.8, 4) is 0 Å². The summed E-state index contributed by atoms with van der Waals surface area (Å²) in [4.78, 5) is 0. The van der Waals surface area contributed by atoms with Gasteiger partial charge in [-0.05, 0) is 0 Å². The second kappa shape index (κ2) is 7.02. The van der Waals surface area contributed by atoms with Crippen molar-refractivity contribution in [3.05, 3.63) is 59.7 Å². The van der Waals surface area contributed by atoms with Crippen LogP contribution in [-0.4, -0.2) is 0 Å². The van der Waals surface area contributed by atoms with Gasteiger partial charge in [0.2, 0.25) is 0 Å². The topological polar surface area (TPSA) is 0 Å². The summed E-state index contributed by atoms with van der Waals surface area (Å²) in [6.07, 6.45) is 0. The van der Waals surface area contributed by atoms with Gasteiger partial charge < -0.3 is 30.3 Å². The van der Waals surface area contributed by atoms with Gasteiger partial charge in [-0.1, -0.05) is 13.8 Å². The zero-order valence-electron chi connectivity index (χ0n) is 8.12. The molecule has 2 rings (SSSR count). The fourth-order valence-corrected chi connectivity index (χ4v) is 0.920. The Labute approximate surface area is 99.1 Å². The smallest absolute Gasteiger partial charge is 0 e. The Balaban J connectivity index is 0.000000215. The Morgan fingerprint density at radius 3 is 1.69 bits per heavy atom. The van der Waals surface area contributed by atoms with E-state index in [1.165, 1.54) is 11.1 Å². The van der Waals surface area contributed by atoms with Crippen LogP contribution in [-0.2, 0) is 25.8 Å². The summed E-state index contributed by atoms with van der Waals surface area (Å²) in [5.74, 6) is 0. The van der Waals surface area contributed by atoms with Crippen molar-refractivity contribution in [2.24, 2.45) is 0 Å². The van der Waals surface area contributed by atoms with Crippen molar-refractivity contribution in [3.63, 3.8) is 0 Å². The predicted octanol–water partition coefficient (Wildman–Crippen LogP) is 3.43. The number of hydrogen-bond acceptors (Lipinski definition) is 0. The molecule has 0 heterocycles. The normalized spacial score (nSPS) is 8.15. The Bertz CT molecular complexity index is 257. The molecule has 0 saturated carbocycles. The minimum atomic E-state index is 0. The van der Waals surface area contributed by atoms with Crippen molar-refractivity contribution in [1.82, 2.24) is 0 Å². The van der Waals surface area contributed by atoms with Gasteiger partial charge in [0.05, 0.1) is 0 Å². The molecule has 0 nitrogen and oxygen atoms in total. The summed E-state index contributed by atoms with van der Waals surface area (Å²) in [6.45, 7) is 4.24. The van der Waals surface area contributed by atoms with Gasteiger partial charge in [0.15, 0.2) is 0 Å². The van der Waals surface area contributed by atoms with Crippen LogP contribution in [0.25, 0.3) is 0 Å². The molecule has 0 spiro atoms. The molecule has 0 radical (unpaired) electrons. The number of aryl methyl sites for hydroxylation is 2. The maximum Gasteiger partial charge on any atom is 0 e. The maximum atomic E-state index is 2.12. The third-order valence-corrected chi connectivity index (χ3v) is 1.87. The Morgan fingerprint density at radius 1 is 1.08 bits per heavy atom. The minimum Gasteiger partial charge on any atom is -0.748 e. The van der Waals surface area contributed by atoms with Crippen LogP contribution in [0.1, 0.15) is 11.1 Å². The monoisotopic (exact) mass is 338 g/mol.